The highest BCUT2D eigenvalue weighted by atomic mass is 32.2. The Hall–Kier alpha value is 0.215. The maximum absolute atomic E-state index is 9.87. The molecule has 1 nitrogen and oxygen atoms in total. The van der Waals surface area contributed by atoms with E-state index in [-0.39, 0.29) is 0 Å². The predicted molar refractivity (Wildman–Crippen MR) is 25.7 cm³/mol. The molecular weight excluding hydrogens is 82.9 g/mol. The van der Waals surface area contributed by atoms with Crippen LogP contribution in [-0.2, 0) is 10.7 Å². The molecule has 1 atom stereocenters. The Morgan fingerprint density at radius 3 is 2.00 bits per heavy atom. The van der Waals surface area contributed by atoms with Gasteiger partial charge in [-0.2, -0.15) is 0 Å². The van der Waals surface area contributed by atoms with Crippen molar-refractivity contribution in [3.05, 3.63) is 0 Å². The average Bonchev–Trinajstić information content (AvgIpc) is 1.38. The highest BCUT2D eigenvalue weighted by Gasteiger charge is 1.77. The Labute approximate surface area is 35.4 Å². The van der Waals surface area contributed by atoms with E-state index in [9.17, 15) is 4.21 Å². The third-order valence-electron chi connectivity index (χ3n) is 0.332. The topological polar surface area (TPSA) is 17.1 Å². The highest BCUT2D eigenvalue weighted by molar-refractivity contribution is 8.09. The molecule has 0 amide bonds. The monoisotopic (exact) mass is 89.0 g/mol. The molecule has 0 aromatic carbocycles. The van der Waals surface area contributed by atoms with Crippen LogP contribution < -0.4 is 0 Å². The molecule has 0 aromatic heterocycles. The van der Waals surface area contributed by atoms with Gasteiger partial charge in [0.2, 0.25) is 6.56 Å². The van der Waals surface area contributed by atoms with Crippen molar-refractivity contribution in [1.29, 1.82) is 0 Å². The first-order chi connectivity index (χ1) is 2.27. The predicted octanol–water partition coefficient (Wildman–Crippen LogP) is 0.0322. The lowest BCUT2D eigenvalue weighted by Gasteiger charge is -1.71. The van der Waals surface area contributed by atoms with Crippen LogP contribution in [0.25, 0.3) is 0 Å². The molecule has 5 heavy (non-hydrogen) atoms. The zero-order valence-electron chi connectivity index (χ0n) is 3.39. The standard InChI is InChI=1S/C2H6BOS/c1-3-5(2)4/h1-2H3/t5-/m1/s1. The van der Waals surface area contributed by atoms with Crippen molar-refractivity contribution in [3.63, 3.8) is 0 Å². The molecule has 0 N–H and O–H groups in total. The van der Waals surface area contributed by atoms with Gasteiger partial charge in [0.1, 0.15) is 0 Å². The Kier molecular flexibility index (Phi) is 2.56. The van der Waals surface area contributed by atoms with Crippen LogP contribution in [0.4, 0.5) is 0 Å². The summed E-state index contributed by atoms with van der Waals surface area (Å²) in [5, 5.41) is 0. The summed E-state index contributed by atoms with van der Waals surface area (Å²) < 4.78 is 9.87. The molecule has 0 spiro atoms. The number of rotatable bonds is 1. The highest BCUT2D eigenvalue weighted by Crippen LogP contribution is 1.60. The molecule has 0 aliphatic carbocycles. The van der Waals surface area contributed by atoms with Crippen molar-refractivity contribution in [2.45, 2.75) is 6.82 Å². The van der Waals surface area contributed by atoms with Crippen molar-refractivity contribution in [1.82, 2.24) is 0 Å². The van der Waals surface area contributed by atoms with Crippen LogP contribution in [0.15, 0.2) is 0 Å². The minimum absolute atomic E-state index is 0.698. The Morgan fingerprint density at radius 1 is 1.80 bits per heavy atom. The molecule has 1 radical (unpaired) electrons. The van der Waals surface area contributed by atoms with Gasteiger partial charge in [-0.15, -0.1) is 0 Å². The summed E-state index contributed by atoms with van der Waals surface area (Å²) in [6, 6.07) is 0. The summed E-state index contributed by atoms with van der Waals surface area (Å²) in [5.74, 6) is 0. The summed E-state index contributed by atoms with van der Waals surface area (Å²) in [4.78, 5) is 0. The third-order valence-corrected chi connectivity index (χ3v) is 0.996. The fraction of sp³-hybridized carbons (Fsp3) is 1.00. The SMILES string of the molecule is C[B][S@@](C)=O. The van der Waals surface area contributed by atoms with Gasteiger partial charge in [-0.05, 0) is 10.7 Å². The summed E-state index contributed by atoms with van der Waals surface area (Å²) in [5.41, 5.74) is 0. The van der Waals surface area contributed by atoms with E-state index in [0.717, 1.165) is 0 Å². The van der Waals surface area contributed by atoms with E-state index in [4.69, 9.17) is 0 Å². The van der Waals surface area contributed by atoms with Gasteiger partial charge >= 0.3 is 0 Å². The van der Waals surface area contributed by atoms with E-state index in [1.165, 1.54) is 0 Å². The van der Waals surface area contributed by atoms with E-state index in [1.54, 1.807) is 19.6 Å². The molecule has 0 aliphatic heterocycles. The second-order valence-electron chi connectivity index (χ2n) is 0.734. The fourth-order valence-corrected chi connectivity index (χ4v) is 0. The van der Waals surface area contributed by atoms with Crippen molar-refractivity contribution in [3.8, 4) is 0 Å². The molecule has 29 valence electrons. The van der Waals surface area contributed by atoms with Gasteiger partial charge in [-0.1, -0.05) is 6.82 Å². The minimum atomic E-state index is -0.698. The summed E-state index contributed by atoms with van der Waals surface area (Å²) in [7, 11) is -0.698. The molecule has 0 aliphatic rings. The third kappa shape index (κ3) is 4.21. The number of hydrogen-bond donors (Lipinski definition) is 0. The molecule has 0 saturated carbocycles. The van der Waals surface area contributed by atoms with Crippen LogP contribution in [0.2, 0.25) is 6.82 Å². The maximum atomic E-state index is 9.87. The largest absolute Gasteiger partial charge is 0.273 e. The van der Waals surface area contributed by atoms with Gasteiger partial charge in [0.05, 0.1) is 0 Å². The Balaban J connectivity index is 2.85. The zero-order chi connectivity index (χ0) is 4.28. The summed E-state index contributed by atoms with van der Waals surface area (Å²) in [6.45, 7) is 3.41. The Morgan fingerprint density at radius 2 is 2.00 bits per heavy atom. The molecule has 0 aromatic rings. The smallest absolute Gasteiger partial charge is 0.234 e. The molecule has 0 unspecified atom stereocenters. The van der Waals surface area contributed by atoms with Gasteiger partial charge in [0.25, 0.3) is 0 Å². The van der Waals surface area contributed by atoms with E-state index >= 15 is 0 Å². The van der Waals surface area contributed by atoms with Gasteiger partial charge in [-0.3, -0.25) is 4.21 Å². The number of hydrogen-bond acceptors (Lipinski definition) is 1. The van der Waals surface area contributed by atoms with Gasteiger partial charge in [0, 0.05) is 6.26 Å². The van der Waals surface area contributed by atoms with Crippen molar-refractivity contribution < 1.29 is 4.21 Å². The second kappa shape index (κ2) is 2.45. The fourth-order valence-electron chi connectivity index (χ4n) is 0. The summed E-state index contributed by atoms with van der Waals surface area (Å²) >= 11 is 0. The molecule has 0 bridgehead atoms. The maximum Gasteiger partial charge on any atom is 0.234 e. The van der Waals surface area contributed by atoms with E-state index in [1.807, 2.05) is 0 Å². The first-order valence-electron chi connectivity index (χ1n) is 1.39. The molecular formula is C2H6BOS. The first-order valence-corrected chi connectivity index (χ1v) is 3.01. The van der Waals surface area contributed by atoms with E-state index in [2.05, 4.69) is 0 Å². The van der Waals surface area contributed by atoms with Crippen molar-refractivity contribution in [2.75, 3.05) is 6.26 Å². The summed E-state index contributed by atoms with van der Waals surface area (Å²) in [6.07, 6.45) is 1.64. The van der Waals surface area contributed by atoms with E-state index in [0.29, 0.717) is 0 Å². The van der Waals surface area contributed by atoms with E-state index < -0.39 is 10.7 Å². The zero-order valence-corrected chi connectivity index (χ0v) is 4.21. The van der Waals surface area contributed by atoms with Crippen LogP contribution in [0.1, 0.15) is 0 Å². The molecule has 0 rings (SSSR count). The van der Waals surface area contributed by atoms with Crippen LogP contribution >= 0.6 is 0 Å². The van der Waals surface area contributed by atoms with Crippen LogP contribution in [0, 0.1) is 0 Å². The lowest BCUT2D eigenvalue weighted by atomic mass is 10.2. The van der Waals surface area contributed by atoms with Crippen LogP contribution in [0.3, 0.4) is 0 Å². The first kappa shape index (κ1) is 5.21. The molecule has 3 heteroatoms. The van der Waals surface area contributed by atoms with Crippen molar-refractivity contribution >= 4 is 17.2 Å². The minimum Gasteiger partial charge on any atom is -0.273 e. The van der Waals surface area contributed by atoms with Crippen LogP contribution in [-0.4, -0.2) is 17.0 Å². The average molecular weight is 88.9 g/mol. The quantitative estimate of drug-likeness (QED) is 0.414. The van der Waals surface area contributed by atoms with Gasteiger partial charge in [0.15, 0.2) is 0 Å². The Bertz CT molecular complexity index is 44.9. The van der Waals surface area contributed by atoms with Crippen LogP contribution in [0.5, 0.6) is 0 Å². The molecule has 0 heterocycles. The molecule has 0 saturated heterocycles. The lowest BCUT2D eigenvalue weighted by molar-refractivity contribution is 0.694. The lowest BCUT2D eigenvalue weighted by Crippen LogP contribution is -1.89. The second-order valence-corrected chi connectivity index (χ2v) is 2.20. The van der Waals surface area contributed by atoms with Gasteiger partial charge in [-0.25, -0.2) is 0 Å². The van der Waals surface area contributed by atoms with Crippen molar-refractivity contribution in [2.24, 2.45) is 0 Å². The van der Waals surface area contributed by atoms with Gasteiger partial charge < -0.3 is 0 Å². The normalized spacial score (nSPS) is 14.0. The molecule has 0 fully saturated rings.